The van der Waals surface area contributed by atoms with Crippen LogP contribution in [0.1, 0.15) is 20.8 Å². The van der Waals surface area contributed by atoms with Crippen LogP contribution >= 0.6 is 0 Å². The summed E-state index contributed by atoms with van der Waals surface area (Å²) in [5.41, 5.74) is 1.92. The van der Waals surface area contributed by atoms with Crippen LogP contribution in [-0.4, -0.2) is 29.6 Å². The van der Waals surface area contributed by atoms with Gasteiger partial charge in [-0.25, -0.2) is 0 Å². The minimum absolute atomic E-state index is 0.219. The highest BCUT2D eigenvalue weighted by atomic mass is 15.3. The number of likely N-dealkylation sites (N-methyl/N-ethyl adjacent to an activating group) is 1. The minimum atomic E-state index is 0.219. The van der Waals surface area contributed by atoms with Crippen molar-refractivity contribution in [3.63, 3.8) is 0 Å². The van der Waals surface area contributed by atoms with E-state index in [-0.39, 0.29) is 11.1 Å². The van der Waals surface area contributed by atoms with E-state index in [0.29, 0.717) is 0 Å². The molecule has 1 unspecified atom stereocenters. The van der Waals surface area contributed by atoms with E-state index in [1.807, 2.05) is 0 Å². The molecule has 2 nitrogen and oxygen atoms in total. The van der Waals surface area contributed by atoms with E-state index in [2.05, 4.69) is 44.1 Å². The van der Waals surface area contributed by atoms with Gasteiger partial charge >= 0.3 is 0 Å². The molecule has 1 fully saturated rings. The molecular weight excluding hydrogens is 136 g/mol. The van der Waals surface area contributed by atoms with Crippen LogP contribution in [0.2, 0.25) is 0 Å². The molecule has 1 aliphatic carbocycles. The fourth-order valence-corrected chi connectivity index (χ4v) is 2.26. The number of hydrogen-bond donors (Lipinski definition) is 1. The lowest BCUT2D eigenvalue weighted by Gasteiger charge is -2.41. The van der Waals surface area contributed by atoms with Gasteiger partial charge in [-0.05, 0) is 26.8 Å². The van der Waals surface area contributed by atoms with Crippen LogP contribution in [0.25, 0.3) is 0 Å². The molecule has 62 valence electrons. The smallest absolute Gasteiger partial charge is 0.0764 e. The van der Waals surface area contributed by atoms with Gasteiger partial charge in [0.05, 0.1) is 5.54 Å². The Labute approximate surface area is 68.3 Å². The van der Waals surface area contributed by atoms with Gasteiger partial charge in [0.1, 0.15) is 0 Å². The van der Waals surface area contributed by atoms with E-state index in [9.17, 15) is 0 Å². The third-order valence-electron chi connectivity index (χ3n) is 2.52. The lowest BCUT2D eigenvalue weighted by atomic mass is 9.98. The van der Waals surface area contributed by atoms with Crippen LogP contribution in [0.4, 0.5) is 0 Å². The largest absolute Gasteiger partial charge is 0.374 e. The third-order valence-corrected chi connectivity index (χ3v) is 2.52. The molecule has 0 radical (unpaired) electrons. The Morgan fingerprint density at radius 1 is 1.45 bits per heavy atom. The summed E-state index contributed by atoms with van der Waals surface area (Å²) >= 11 is 0. The standard InChI is InChI=1S/C9H16N2/c1-8(2)6-11(4)7-5-9(7,3)10-8/h5,10H,6H2,1-4H3. The summed E-state index contributed by atoms with van der Waals surface area (Å²) in [4.78, 5) is 2.34. The predicted octanol–water partition coefficient (Wildman–Crippen LogP) is 0.956. The first-order valence-corrected chi connectivity index (χ1v) is 4.17. The second-order valence-corrected chi connectivity index (χ2v) is 4.60. The predicted molar refractivity (Wildman–Crippen MR) is 46.3 cm³/mol. The highest BCUT2D eigenvalue weighted by molar-refractivity contribution is 5.45. The molecule has 1 heterocycles. The SMILES string of the molecule is CN1CC(C)(C)NC2(C)C=C12. The highest BCUT2D eigenvalue weighted by Gasteiger charge is 2.49. The zero-order valence-electron chi connectivity index (χ0n) is 7.73. The van der Waals surface area contributed by atoms with Crippen molar-refractivity contribution in [1.29, 1.82) is 0 Å². The zero-order valence-corrected chi connectivity index (χ0v) is 7.73. The van der Waals surface area contributed by atoms with Crippen molar-refractivity contribution in [3.8, 4) is 0 Å². The molecule has 2 rings (SSSR count). The monoisotopic (exact) mass is 152 g/mol. The Bertz CT molecular complexity index is 227. The van der Waals surface area contributed by atoms with Crippen LogP contribution in [0.3, 0.4) is 0 Å². The van der Waals surface area contributed by atoms with Crippen LogP contribution in [0.5, 0.6) is 0 Å². The van der Waals surface area contributed by atoms with E-state index >= 15 is 0 Å². The topological polar surface area (TPSA) is 15.3 Å². The first kappa shape index (κ1) is 7.17. The maximum atomic E-state index is 3.60. The Morgan fingerprint density at radius 2 is 2.09 bits per heavy atom. The Morgan fingerprint density at radius 3 is 2.64 bits per heavy atom. The number of nitrogens with zero attached hydrogens (tertiary/aromatic N) is 1. The Balaban J connectivity index is 2.18. The zero-order chi connectivity index (χ0) is 8.28. The van der Waals surface area contributed by atoms with Crippen LogP contribution < -0.4 is 5.32 Å². The summed E-state index contributed by atoms with van der Waals surface area (Å²) < 4.78 is 0. The van der Waals surface area contributed by atoms with Crippen molar-refractivity contribution in [2.24, 2.45) is 0 Å². The number of hydrogen-bond acceptors (Lipinski definition) is 2. The van der Waals surface area contributed by atoms with Gasteiger partial charge < -0.3 is 4.90 Å². The van der Waals surface area contributed by atoms with Gasteiger partial charge in [-0.3, -0.25) is 5.32 Å². The summed E-state index contributed by atoms with van der Waals surface area (Å²) in [5.74, 6) is 0. The molecule has 1 saturated heterocycles. The van der Waals surface area contributed by atoms with Gasteiger partial charge in [-0.1, -0.05) is 0 Å². The Hall–Kier alpha value is -0.500. The molecule has 0 spiro atoms. The molecule has 1 aliphatic heterocycles. The van der Waals surface area contributed by atoms with Crippen molar-refractivity contribution >= 4 is 0 Å². The van der Waals surface area contributed by atoms with Crippen molar-refractivity contribution in [2.75, 3.05) is 13.6 Å². The summed E-state index contributed by atoms with van der Waals surface area (Å²) in [6.07, 6.45) is 2.29. The van der Waals surface area contributed by atoms with Gasteiger partial charge in [0, 0.05) is 24.8 Å². The van der Waals surface area contributed by atoms with Gasteiger partial charge in [0.15, 0.2) is 0 Å². The fourth-order valence-electron chi connectivity index (χ4n) is 2.26. The van der Waals surface area contributed by atoms with Crippen molar-refractivity contribution in [2.45, 2.75) is 31.8 Å². The number of rotatable bonds is 0. The second-order valence-electron chi connectivity index (χ2n) is 4.60. The average Bonchev–Trinajstić information content (AvgIpc) is 2.36. The molecule has 2 aliphatic rings. The minimum Gasteiger partial charge on any atom is -0.374 e. The maximum Gasteiger partial charge on any atom is 0.0764 e. The first-order valence-electron chi connectivity index (χ1n) is 4.17. The van der Waals surface area contributed by atoms with E-state index in [1.54, 1.807) is 0 Å². The number of fused-ring (bicyclic) bond motifs is 1. The molecule has 11 heavy (non-hydrogen) atoms. The molecular formula is C9H16N2. The summed E-state index contributed by atoms with van der Waals surface area (Å²) in [7, 11) is 2.17. The number of nitrogens with one attached hydrogen (secondary N) is 1. The van der Waals surface area contributed by atoms with E-state index < -0.39 is 0 Å². The first-order chi connectivity index (χ1) is 4.93. The second kappa shape index (κ2) is 1.63. The van der Waals surface area contributed by atoms with Crippen LogP contribution in [0, 0.1) is 0 Å². The van der Waals surface area contributed by atoms with Crippen LogP contribution in [0.15, 0.2) is 11.8 Å². The molecule has 1 atom stereocenters. The van der Waals surface area contributed by atoms with Gasteiger partial charge in [0.25, 0.3) is 0 Å². The van der Waals surface area contributed by atoms with Gasteiger partial charge in [-0.2, -0.15) is 0 Å². The van der Waals surface area contributed by atoms with Crippen molar-refractivity contribution in [1.82, 2.24) is 10.2 Å². The average molecular weight is 152 g/mol. The molecule has 0 aromatic carbocycles. The van der Waals surface area contributed by atoms with E-state index in [0.717, 1.165) is 6.54 Å². The maximum absolute atomic E-state index is 3.60. The van der Waals surface area contributed by atoms with Gasteiger partial charge in [-0.15, -0.1) is 0 Å². The molecule has 1 N–H and O–H groups in total. The summed E-state index contributed by atoms with van der Waals surface area (Å²) in [6, 6.07) is 0. The van der Waals surface area contributed by atoms with E-state index in [4.69, 9.17) is 0 Å². The number of piperazine rings is 1. The normalized spacial score (nSPS) is 39.6. The highest BCUT2D eigenvalue weighted by Crippen LogP contribution is 2.41. The molecule has 0 bridgehead atoms. The molecule has 2 heteroatoms. The van der Waals surface area contributed by atoms with E-state index in [1.165, 1.54) is 5.70 Å². The fraction of sp³-hybridized carbons (Fsp3) is 0.778. The van der Waals surface area contributed by atoms with Gasteiger partial charge in [0.2, 0.25) is 0 Å². The van der Waals surface area contributed by atoms with Crippen LogP contribution in [-0.2, 0) is 0 Å². The molecule has 0 aromatic rings. The summed E-state index contributed by atoms with van der Waals surface area (Å²) in [6.45, 7) is 7.84. The lowest BCUT2D eigenvalue weighted by molar-refractivity contribution is 0.201. The lowest BCUT2D eigenvalue weighted by Crippen LogP contribution is -2.58. The summed E-state index contributed by atoms with van der Waals surface area (Å²) in [5, 5.41) is 3.60. The van der Waals surface area contributed by atoms with Crippen molar-refractivity contribution < 1.29 is 0 Å². The third kappa shape index (κ3) is 0.968. The Kier molecular flexibility index (Phi) is 1.06. The van der Waals surface area contributed by atoms with Crippen molar-refractivity contribution in [3.05, 3.63) is 11.8 Å². The molecule has 0 aromatic heterocycles. The molecule has 0 saturated carbocycles. The quantitative estimate of drug-likeness (QED) is 0.556. The molecule has 0 amide bonds.